The summed E-state index contributed by atoms with van der Waals surface area (Å²) in [5, 5.41) is 8.70. The van der Waals surface area contributed by atoms with Crippen molar-refractivity contribution in [3.63, 3.8) is 0 Å². The Hall–Kier alpha value is -1.56. The highest BCUT2D eigenvalue weighted by molar-refractivity contribution is 5.23. The second-order valence-electron chi connectivity index (χ2n) is 5.60. The fourth-order valence-corrected chi connectivity index (χ4v) is 1.94. The molecular formula is C14H20N2O. The predicted octanol–water partition coefficient (Wildman–Crippen LogP) is 2.79. The molecule has 0 atom stereocenters. The van der Waals surface area contributed by atoms with Crippen molar-refractivity contribution in [2.24, 2.45) is 0 Å². The van der Waals surface area contributed by atoms with Gasteiger partial charge in [0.2, 0.25) is 0 Å². The van der Waals surface area contributed by atoms with E-state index >= 15 is 0 Å². The SMILES string of the molecule is CC(C)n1c(C(C)(C)C)ccc(CC#N)c1=O. The van der Waals surface area contributed by atoms with Gasteiger partial charge in [0.25, 0.3) is 5.56 Å². The number of hydrogen-bond donors (Lipinski definition) is 0. The fraction of sp³-hybridized carbons (Fsp3) is 0.571. The van der Waals surface area contributed by atoms with Crippen LogP contribution in [-0.2, 0) is 11.8 Å². The second kappa shape index (κ2) is 4.75. The minimum Gasteiger partial charge on any atom is -0.309 e. The molecule has 0 bridgehead atoms. The average molecular weight is 232 g/mol. The Labute approximate surface area is 103 Å². The zero-order valence-electron chi connectivity index (χ0n) is 11.2. The van der Waals surface area contributed by atoms with E-state index in [4.69, 9.17) is 5.26 Å². The number of hydrogen-bond acceptors (Lipinski definition) is 2. The number of pyridine rings is 1. The molecule has 1 aromatic rings. The first kappa shape index (κ1) is 13.5. The summed E-state index contributed by atoms with van der Waals surface area (Å²) in [6.45, 7) is 10.2. The van der Waals surface area contributed by atoms with Gasteiger partial charge < -0.3 is 4.57 Å². The number of nitrogens with zero attached hydrogens (tertiary/aromatic N) is 2. The standard InChI is InChI=1S/C14H20N2O/c1-10(2)16-12(14(3,4)5)7-6-11(8-9-15)13(16)17/h6-7,10H,8H2,1-5H3. The Morgan fingerprint density at radius 1 is 1.35 bits per heavy atom. The second-order valence-corrected chi connectivity index (χ2v) is 5.60. The van der Waals surface area contributed by atoms with Crippen molar-refractivity contribution >= 4 is 0 Å². The third kappa shape index (κ3) is 2.76. The van der Waals surface area contributed by atoms with E-state index in [1.165, 1.54) is 0 Å². The van der Waals surface area contributed by atoms with Crippen molar-refractivity contribution in [2.75, 3.05) is 0 Å². The summed E-state index contributed by atoms with van der Waals surface area (Å²) in [5.41, 5.74) is 1.48. The molecule has 0 saturated carbocycles. The fourth-order valence-electron chi connectivity index (χ4n) is 1.94. The van der Waals surface area contributed by atoms with E-state index in [0.29, 0.717) is 5.56 Å². The molecule has 0 N–H and O–H groups in total. The van der Waals surface area contributed by atoms with E-state index in [0.717, 1.165) is 5.69 Å². The third-order valence-corrected chi connectivity index (χ3v) is 2.75. The van der Waals surface area contributed by atoms with Gasteiger partial charge in [-0.1, -0.05) is 26.8 Å². The zero-order chi connectivity index (χ0) is 13.2. The van der Waals surface area contributed by atoms with Gasteiger partial charge in [0.1, 0.15) is 0 Å². The van der Waals surface area contributed by atoms with Gasteiger partial charge in [-0.3, -0.25) is 4.79 Å². The molecule has 1 aromatic heterocycles. The Morgan fingerprint density at radius 3 is 2.35 bits per heavy atom. The van der Waals surface area contributed by atoms with Crippen molar-refractivity contribution < 1.29 is 0 Å². The molecule has 0 aromatic carbocycles. The Bertz CT molecular complexity index is 498. The van der Waals surface area contributed by atoms with E-state index in [2.05, 4.69) is 20.8 Å². The van der Waals surface area contributed by atoms with E-state index in [1.54, 1.807) is 10.6 Å². The van der Waals surface area contributed by atoms with Crippen LogP contribution in [-0.4, -0.2) is 4.57 Å². The van der Waals surface area contributed by atoms with E-state index in [-0.39, 0.29) is 23.4 Å². The predicted molar refractivity (Wildman–Crippen MR) is 69.1 cm³/mol. The molecule has 0 aliphatic carbocycles. The first-order chi connectivity index (χ1) is 7.79. The molecule has 0 spiro atoms. The van der Waals surface area contributed by atoms with Gasteiger partial charge in [0, 0.05) is 22.7 Å². The molecule has 0 fully saturated rings. The van der Waals surface area contributed by atoms with Crippen molar-refractivity contribution in [1.82, 2.24) is 4.57 Å². The Kier molecular flexibility index (Phi) is 3.77. The minimum atomic E-state index is -0.0748. The lowest BCUT2D eigenvalue weighted by Crippen LogP contribution is -2.32. The normalized spacial score (nSPS) is 11.6. The zero-order valence-corrected chi connectivity index (χ0v) is 11.2. The number of rotatable bonds is 2. The maximum absolute atomic E-state index is 12.3. The topological polar surface area (TPSA) is 45.8 Å². The first-order valence-electron chi connectivity index (χ1n) is 5.91. The summed E-state index contributed by atoms with van der Waals surface area (Å²) >= 11 is 0. The van der Waals surface area contributed by atoms with Crippen LogP contribution in [0.3, 0.4) is 0 Å². The summed E-state index contributed by atoms with van der Waals surface area (Å²) in [6.07, 6.45) is 0.177. The molecule has 0 unspecified atom stereocenters. The molecular weight excluding hydrogens is 212 g/mol. The van der Waals surface area contributed by atoms with E-state index in [1.807, 2.05) is 26.0 Å². The molecule has 0 aliphatic rings. The highest BCUT2D eigenvalue weighted by Gasteiger charge is 2.21. The molecule has 1 rings (SSSR count). The van der Waals surface area contributed by atoms with Crippen molar-refractivity contribution in [3.8, 4) is 6.07 Å². The van der Waals surface area contributed by atoms with Crippen LogP contribution in [0.4, 0.5) is 0 Å². The molecule has 3 nitrogen and oxygen atoms in total. The van der Waals surface area contributed by atoms with Crippen LogP contribution in [0.1, 0.15) is 51.9 Å². The maximum Gasteiger partial charge on any atom is 0.255 e. The highest BCUT2D eigenvalue weighted by atomic mass is 16.1. The van der Waals surface area contributed by atoms with E-state index < -0.39 is 0 Å². The highest BCUT2D eigenvalue weighted by Crippen LogP contribution is 2.23. The van der Waals surface area contributed by atoms with Gasteiger partial charge in [0.05, 0.1) is 12.5 Å². The quantitative estimate of drug-likeness (QED) is 0.787. The van der Waals surface area contributed by atoms with Gasteiger partial charge in [0.15, 0.2) is 0 Å². The lowest BCUT2D eigenvalue weighted by molar-refractivity contribution is 0.465. The maximum atomic E-state index is 12.3. The number of nitriles is 1. The summed E-state index contributed by atoms with van der Waals surface area (Å²) in [4.78, 5) is 12.3. The smallest absolute Gasteiger partial charge is 0.255 e. The monoisotopic (exact) mass is 232 g/mol. The Balaban J connectivity index is 3.53. The Morgan fingerprint density at radius 2 is 1.94 bits per heavy atom. The molecule has 0 aliphatic heterocycles. The molecule has 0 amide bonds. The lowest BCUT2D eigenvalue weighted by Gasteiger charge is -2.26. The molecule has 0 saturated heterocycles. The van der Waals surface area contributed by atoms with Crippen LogP contribution in [0.5, 0.6) is 0 Å². The van der Waals surface area contributed by atoms with Crippen molar-refractivity contribution in [1.29, 1.82) is 5.26 Å². The van der Waals surface area contributed by atoms with Crippen LogP contribution < -0.4 is 5.56 Å². The summed E-state index contributed by atoms with van der Waals surface area (Å²) in [7, 11) is 0. The minimum absolute atomic E-state index is 0.0334. The van der Waals surface area contributed by atoms with Gasteiger partial charge >= 0.3 is 0 Å². The first-order valence-corrected chi connectivity index (χ1v) is 5.91. The van der Waals surface area contributed by atoms with Gasteiger partial charge in [-0.15, -0.1) is 0 Å². The van der Waals surface area contributed by atoms with Crippen molar-refractivity contribution in [2.45, 2.75) is 52.5 Å². The number of aromatic nitrogens is 1. The van der Waals surface area contributed by atoms with Crippen LogP contribution in [0.25, 0.3) is 0 Å². The van der Waals surface area contributed by atoms with Crippen LogP contribution in [0.15, 0.2) is 16.9 Å². The lowest BCUT2D eigenvalue weighted by atomic mass is 9.90. The molecule has 0 radical (unpaired) electrons. The van der Waals surface area contributed by atoms with Gasteiger partial charge in [-0.05, 0) is 19.9 Å². The molecule has 92 valence electrons. The molecule has 1 heterocycles. The van der Waals surface area contributed by atoms with Crippen LogP contribution in [0, 0.1) is 11.3 Å². The average Bonchev–Trinajstić information content (AvgIpc) is 2.18. The van der Waals surface area contributed by atoms with Crippen molar-refractivity contribution in [3.05, 3.63) is 33.7 Å². The van der Waals surface area contributed by atoms with Gasteiger partial charge in [-0.2, -0.15) is 5.26 Å². The summed E-state index contributed by atoms with van der Waals surface area (Å²) in [6, 6.07) is 5.89. The molecule has 3 heteroatoms. The van der Waals surface area contributed by atoms with Crippen LogP contribution >= 0.6 is 0 Å². The van der Waals surface area contributed by atoms with Crippen LogP contribution in [0.2, 0.25) is 0 Å². The third-order valence-electron chi connectivity index (χ3n) is 2.75. The summed E-state index contributed by atoms with van der Waals surface area (Å²) < 4.78 is 1.80. The molecule has 17 heavy (non-hydrogen) atoms. The largest absolute Gasteiger partial charge is 0.309 e. The van der Waals surface area contributed by atoms with E-state index in [9.17, 15) is 4.79 Å². The summed E-state index contributed by atoms with van der Waals surface area (Å²) in [5.74, 6) is 0. The van der Waals surface area contributed by atoms with Gasteiger partial charge in [-0.25, -0.2) is 0 Å².